The summed E-state index contributed by atoms with van der Waals surface area (Å²) in [5.41, 5.74) is 4.05. The lowest BCUT2D eigenvalue weighted by Crippen LogP contribution is -2.03. The smallest absolute Gasteiger partial charge is 0.156 e. The lowest BCUT2D eigenvalue weighted by molar-refractivity contribution is 0.414. The van der Waals surface area contributed by atoms with E-state index < -0.39 is 0 Å². The third kappa shape index (κ3) is 3.04. The summed E-state index contributed by atoms with van der Waals surface area (Å²) < 4.78 is 6.19. The van der Waals surface area contributed by atoms with Crippen LogP contribution in [-0.2, 0) is 6.54 Å². The summed E-state index contributed by atoms with van der Waals surface area (Å²) in [6.45, 7) is 4.64. The number of rotatable bonds is 4. The highest BCUT2D eigenvalue weighted by Crippen LogP contribution is 2.36. The molecular weight excluding hydrogens is 330 g/mol. The standard InChI is InChI=1S/C13H15BrClN3O/c1-7-10(8(2)18-17-7)6-16-12-5-9(15)4-11(14)13(12)19-3/h4-5,16H,6H2,1-3H3,(H,17,18). The second-order valence-corrected chi connectivity index (χ2v) is 5.53. The van der Waals surface area contributed by atoms with Gasteiger partial charge in [0.1, 0.15) is 0 Å². The number of methoxy groups -OCH3 is 1. The summed E-state index contributed by atoms with van der Waals surface area (Å²) in [7, 11) is 1.63. The topological polar surface area (TPSA) is 49.9 Å². The normalized spacial score (nSPS) is 10.6. The SMILES string of the molecule is COc1c(Br)cc(Cl)cc1NCc1c(C)n[nH]c1C. The largest absolute Gasteiger partial charge is 0.493 e. The molecule has 0 spiro atoms. The van der Waals surface area contributed by atoms with Crippen LogP contribution in [0.4, 0.5) is 5.69 Å². The molecule has 102 valence electrons. The molecule has 1 heterocycles. The van der Waals surface area contributed by atoms with Gasteiger partial charge in [-0.3, -0.25) is 5.10 Å². The van der Waals surface area contributed by atoms with Crippen LogP contribution in [0.2, 0.25) is 5.02 Å². The van der Waals surface area contributed by atoms with Crippen LogP contribution in [0.5, 0.6) is 5.75 Å². The van der Waals surface area contributed by atoms with Crippen molar-refractivity contribution in [2.45, 2.75) is 20.4 Å². The first-order chi connectivity index (χ1) is 9.02. The van der Waals surface area contributed by atoms with Gasteiger partial charge >= 0.3 is 0 Å². The van der Waals surface area contributed by atoms with Gasteiger partial charge in [0.15, 0.2) is 5.75 Å². The Morgan fingerprint density at radius 3 is 2.74 bits per heavy atom. The fourth-order valence-electron chi connectivity index (χ4n) is 1.92. The van der Waals surface area contributed by atoms with Crippen molar-refractivity contribution in [3.63, 3.8) is 0 Å². The molecule has 0 bridgehead atoms. The Bertz CT molecular complexity index is 578. The number of benzene rings is 1. The average Bonchev–Trinajstić information content (AvgIpc) is 2.66. The van der Waals surface area contributed by atoms with E-state index in [4.69, 9.17) is 16.3 Å². The van der Waals surface area contributed by atoms with E-state index in [0.29, 0.717) is 11.6 Å². The molecule has 1 aromatic heterocycles. The van der Waals surface area contributed by atoms with Crippen LogP contribution in [-0.4, -0.2) is 17.3 Å². The maximum absolute atomic E-state index is 6.06. The highest BCUT2D eigenvalue weighted by Gasteiger charge is 2.11. The van der Waals surface area contributed by atoms with Gasteiger partial charge < -0.3 is 10.1 Å². The van der Waals surface area contributed by atoms with Crippen molar-refractivity contribution >= 4 is 33.2 Å². The van der Waals surface area contributed by atoms with Crippen LogP contribution in [0, 0.1) is 13.8 Å². The van der Waals surface area contributed by atoms with Crippen molar-refractivity contribution in [1.82, 2.24) is 10.2 Å². The number of ether oxygens (including phenoxy) is 1. The highest BCUT2D eigenvalue weighted by atomic mass is 79.9. The Morgan fingerprint density at radius 1 is 1.42 bits per heavy atom. The van der Waals surface area contributed by atoms with E-state index in [1.54, 1.807) is 13.2 Å². The van der Waals surface area contributed by atoms with Gasteiger partial charge in [-0.1, -0.05) is 11.6 Å². The minimum atomic E-state index is 0.649. The van der Waals surface area contributed by atoms with Gasteiger partial charge in [-0.05, 0) is 41.9 Å². The van der Waals surface area contributed by atoms with E-state index in [-0.39, 0.29) is 0 Å². The zero-order chi connectivity index (χ0) is 14.0. The maximum Gasteiger partial charge on any atom is 0.156 e. The predicted molar refractivity (Wildman–Crippen MR) is 81.1 cm³/mol. The number of nitrogens with one attached hydrogen (secondary N) is 2. The summed E-state index contributed by atoms with van der Waals surface area (Å²) in [5, 5.41) is 11.1. The van der Waals surface area contributed by atoms with Crippen LogP contribution < -0.4 is 10.1 Å². The fourth-order valence-corrected chi connectivity index (χ4v) is 2.89. The predicted octanol–water partition coefficient (Wildman–Crippen LogP) is 4.06. The van der Waals surface area contributed by atoms with Crippen molar-refractivity contribution in [1.29, 1.82) is 0 Å². The summed E-state index contributed by atoms with van der Waals surface area (Å²) >= 11 is 9.50. The van der Waals surface area contributed by atoms with Gasteiger partial charge in [-0.25, -0.2) is 0 Å². The average molecular weight is 345 g/mol. The van der Waals surface area contributed by atoms with E-state index in [1.165, 1.54) is 0 Å². The van der Waals surface area contributed by atoms with Crippen molar-refractivity contribution in [2.75, 3.05) is 12.4 Å². The zero-order valence-corrected chi connectivity index (χ0v) is 13.3. The number of aryl methyl sites for hydroxylation is 2. The Balaban J connectivity index is 2.24. The first kappa shape index (κ1) is 14.2. The highest BCUT2D eigenvalue weighted by molar-refractivity contribution is 9.10. The van der Waals surface area contributed by atoms with Crippen LogP contribution in [0.3, 0.4) is 0 Å². The molecule has 4 nitrogen and oxygen atoms in total. The quantitative estimate of drug-likeness (QED) is 0.879. The summed E-state index contributed by atoms with van der Waals surface area (Å²) in [6.07, 6.45) is 0. The van der Waals surface area contributed by atoms with Gasteiger partial charge in [0.25, 0.3) is 0 Å². The number of nitrogens with zero attached hydrogens (tertiary/aromatic N) is 1. The molecule has 0 saturated carbocycles. The van der Waals surface area contributed by atoms with E-state index >= 15 is 0 Å². The number of hydrogen-bond donors (Lipinski definition) is 2. The first-order valence-electron chi connectivity index (χ1n) is 5.80. The minimum absolute atomic E-state index is 0.649. The first-order valence-corrected chi connectivity index (χ1v) is 6.97. The van der Waals surface area contributed by atoms with E-state index in [2.05, 4.69) is 31.4 Å². The zero-order valence-electron chi connectivity index (χ0n) is 11.0. The number of anilines is 1. The fraction of sp³-hybridized carbons (Fsp3) is 0.308. The van der Waals surface area contributed by atoms with Crippen LogP contribution >= 0.6 is 27.5 Å². The molecule has 0 radical (unpaired) electrons. The second-order valence-electron chi connectivity index (χ2n) is 4.23. The molecule has 2 aromatic rings. The molecule has 0 aliphatic carbocycles. The van der Waals surface area contributed by atoms with Crippen LogP contribution in [0.15, 0.2) is 16.6 Å². The van der Waals surface area contributed by atoms with Gasteiger partial charge in [-0.15, -0.1) is 0 Å². The number of H-pyrrole nitrogens is 1. The Labute approximate surface area is 125 Å². The molecule has 0 aliphatic rings. The molecule has 0 aliphatic heterocycles. The maximum atomic E-state index is 6.06. The third-order valence-electron chi connectivity index (χ3n) is 2.95. The molecule has 2 rings (SSSR count). The van der Waals surface area contributed by atoms with Crippen LogP contribution in [0.25, 0.3) is 0 Å². The number of hydrogen-bond acceptors (Lipinski definition) is 3. The molecule has 19 heavy (non-hydrogen) atoms. The van der Waals surface area contributed by atoms with Crippen molar-refractivity contribution in [2.24, 2.45) is 0 Å². The van der Waals surface area contributed by atoms with E-state index in [1.807, 2.05) is 19.9 Å². The lowest BCUT2D eigenvalue weighted by atomic mass is 10.2. The number of halogens is 2. The molecule has 1 aromatic carbocycles. The molecule has 2 N–H and O–H groups in total. The summed E-state index contributed by atoms with van der Waals surface area (Å²) in [4.78, 5) is 0. The van der Waals surface area contributed by atoms with Crippen molar-refractivity contribution in [3.05, 3.63) is 38.6 Å². The van der Waals surface area contributed by atoms with Gasteiger partial charge in [0, 0.05) is 22.8 Å². The minimum Gasteiger partial charge on any atom is -0.493 e. The lowest BCUT2D eigenvalue weighted by Gasteiger charge is -2.13. The number of aromatic nitrogens is 2. The molecule has 6 heteroatoms. The molecule has 0 saturated heterocycles. The molecule has 0 atom stereocenters. The summed E-state index contributed by atoms with van der Waals surface area (Å²) in [5.74, 6) is 0.739. The van der Waals surface area contributed by atoms with E-state index in [9.17, 15) is 0 Å². The second kappa shape index (κ2) is 5.84. The Hall–Kier alpha value is -1.20. The number of aromatic amines is 1. The molecule has 0 amide bonds. The van der Waals surface area contributed by atoms with Crippen LogP contribution in [0.1, 0.15) is 17.0 Å². The summed E-state index contributed by atoms with van der Waals surface area (Å²) in [6, 6.07) is 3.65. The third-order valence-corrected chi connectivity index (χ3v) is 3.76. The Morgan fingerprint density at radius 2 is 2.16 bits per heavy atom. The van der Waals surface area contributed by atoms with Crippen molar-refractivity contribution < 1.29 is 4.74 Å². The van der Waals surface area contributed by atoms with Gasteiger partial charge in [0.2, 0.25) is 0 Å². The molecular formula is C13H15BrClN3O. The van der Waals surface area contributed by atoms with E-state index in [0.717, 1.165) is 32.9 Å². The molecule has 0 fully saturated rings. The Kier molecular flexibility index (Phi) is 4.37. The van der Waals surface area contributed by atoms with Crippen molar-refractivity contribution in [3.8, 4) is 5.75 Å². The molecule has 0 unspecified atom stereocenters. The van der Waals surface area contributed by atoms with Gasteiger partial charge in [-0.2, -0.15) is 5.10 Å². The monoisotopic (exact) mass is 343 g/mol. The van der Waals surface area contributed by atoms with Gasteiger partial charge in [0.05, 0.1) is 23.0 Å².